The van der Waals surface area contributed by atoms with E-state index in [-0.39, 0.29) is 30.7 Å². The first-order valence-electron chi connectivity index (χ1n) is 9.21. The second-order valence-electron chi connectivity index (χ2n) is 6.36. The third-order valence-electron chi connectivity index (χ3n) is 4.14. The van der Waals surface area contributed by atoms with Crippen LogP contribution in [0.2, 0.25) is 10.0 Å². The summed E-state index contributed by atoms with van der Waals surface area (Å²) in [6, 6.07) is 8.00. The van der Waals surface area contributed by atoms with E-state index in [4.69, 9.17) is 32.4 Å². The quantitative estimate of drug-likeness (QED) is 0.462. The maximum Gasteiger partial charge on any atom is 0.322 e. The van der Waals surface area contributed by atoms with Crippen LogP contribution in [0.15, 0.2) is 46.4 Å². The molecule has 3 amide bonds. The molecule has 0 saturated carbocycles. The monoisotopic (exact) mass is 482 g/mol. The first-order chi connectivity index (χ1) is 15.0. The van der Waals surface area contributed by atoms with E-state index in [1.807, 2.05) is 0 Å². The summed E-state index contributed by atoms with van der Waals surface area (Å²) < 4.78 is 10.3. The molecule has 0 aliphatic rings. The van der Waals surface area contributed by atoms with Gasteiger partial charge < -0.3 is 24.7 Å². The fourth-order valence-electron chi connectivity index (χ4n) is 2.55. The SMILES string of the molecule is COCCN(Cc1nc(C(=O)NCc2ccco2)cs1)C(=O)Nc1ccc(Cl)c(Cl)c1. The Kier molecular flexibility index (Phi) is 8.30. The van der Waals surface area contributed by atoms with Crippen LogP contribution in [0.1, 0.15) is 21.3 Å². The van der Waals surface area contributed by atoms with Crippen molar-refractivity contribution in [3.05, 3.63) is 68.5 Å². The van der Waals surface area contributed by atoms with Crippen LogP contribution < -0.4 is 10.6 Å². The number of furan rings is 1. The summed E-state index contributed by atoms with van der Waals surface area (Å²) in [6.07, 6.45) is 1.54. The van der Waals surface area contributed by atoms with E-state index >= 15 is 0 Å². The number of nitrogens with one attached hydrogen (secondary N) is 2. The molecule has 0 bridgehead atoms. The highest BCUT2D eigenvalue weighted by molar-refractivity contribution is 7.09. The molecule has 2 N–H and O–H groups in total. The van der Waals surface area contributed by atoms with Crippen molar-refractivity contribution in [2.45, 2.75) is 13.1 Å². The van der Waals surface area contributed by atoms with Gasteiger partial charge in [-0.3, -0.25) is 4.79 Å². The molecule has 0 saturated heterocycles. The average Bonchev–Trinajstić information content (AvgIpc) is 3.44. The lowest BCUT2D eigenvalue weighted by Crippen LogP contribution is -2.36. The Morgan fingerprint density at radius 3 is 2.81 bits per heavy atom. The number of nitrogens with zero attached hydrogens (tertiary/aromatic N) is 2. The number of hydrogen-bond acceptors (Lipinski definition) is 6. The Hall–Kier alpha value is -2.59. The molecule has 0 fully saturated rings. The van der Waals surface area contributed by atoms with Crippen molar-refractivity contribution in [3.8, 4) is 0 Å². The maximum absolute atomic E-state index is 12.8. The van der Waals surface area contributed by atoms with Crippen molar-refractivity contribution in [1.82, 2.24) is 15.2 Å². The maximum atomic E-state index is 12.8. The van der Waals surface area contributed by atoms with E-state index in [1.54, 1.807) is 49.1 Å². The van der Waals surface area contributed by atoms with Crippen LogP contribution in [0.3, 0.4) is 0 Å². The summed E-state index contributed by atoms with van der Waals surface area (Å²) in [5.74, 6) is 0.330. The zero-order chi connectivity index (χ0) is 22.2. The van der Waals surface area contributed by atoms with Crippen molar-refractivity contribution >= 4 is 52.2 Å². The Morgan fingerprint density at radius 2 is 2.10 bits per heavy atom. The molecule has 0 unspecified atom stereocenters. The Bertz CT molecular complexity index is 1030. The van der Waals surface area contributed by atoms with Crippen molar-refractivity contribution in [1.29, 1.82) is 0 Å². The van der Waals surface area contributed by atoms with E-state index in [0.717, 1.165) is 0 Å². The smallest absolute Gasteiger partial charge is 0.322 e. The van der Waals surface area contributed by atoms with Crippen LogP contribution in [0, 0.1) is 0 Å². The number of carbonyl (C=O) groups is 2. The molecule has 8 nitrogen and oxygen atoms in total. The molecule has 0 radical (unpaired) electrons. The van der Waals surface area contributed by atoms with Crippen LogP contribution >= 0.6 is 34.5 Å². The second-order valence-corrected chi connectivity index (χ2v) is 8.12. The predicted molar refractivity (Wildman–Crippen MR) is 120 cm³/mol. The predicted octanol–water partition coefficient (Wildman–Crippen LogP) is 4.65. The lowest BCUT2D eigenvalue weighted by Gasteiger charge is -2.22. The highest BCUT2D eigenvalue weighted by Crippen LogP contribution is 2.25. The fourth-order valence-corrected chi connectivity index (χ4v) is 3.64. The van der Waals surface area contributed by atoms with Crippen LogP contribution in [-0.2, 0) is 17.8 Å². The molecule has 2 aromatic heterocycles. The number of carbonyl (C=O) groups excluding carboxylic acids is 2. The standard InChI is InChI=1S/C20H20Cl2N4O4S/c1-29-8-6-26(20(28)24-13-4-5-15(21)16(22)9-13)11-18-25-17(12-31-18)19(27)23-10-14-3-2-7-30-14/h2-5,7,9,12H,6,8,10-11H2,1H3,(H,23,27)(H,24,28). The molecule has 3 rings (SSSR count). The van der Waals surface area contributed by atoms with Crippen LogP contribution in [0.25, 0.3) is 0 Å². The number of urea groups is 1. The third-order valence-corrected chi connectivity index (χ3v) is 5.71. The molecular weight excluding hydrogens is 463 g/mol. The van der Waals surface area contributed by atoms with Gasteiger partial charge in [0, 0.05) is 24.7 Å². The van der Waals surface area contributed by atoms with E-state index in [1.165, 1.54) is 16.2 Å². The Balaban J connectivity index is 1.62. The summed E-state index contributed by atoms with van der Waals surface area (Å²) in [7, 11) is 1.56. The number of ether oxygens (including phenoxy) is 1. The van der Waals surface area contributed by atoms with Crippen LogP contribution in [0.5, 0.6) is 0 Å². The molecule has 0 aliphatic heterocycles. The van der Waals surface area contributed by atoms with E-state index < -0.39 is 0 Å². The number of aromatic nitrogens is 1. The summed E-state index contributed by atoms with van der Waals surface area (Å²) in [4.78, 5) is 30.9. The summed E-state index contributed by atoms with van der Waals surface area (Å²) in [6.45, 7) is 1.16. The van der Waals surface area contributed by atoms with Gasteiger partial charge in [-0.25, -0.2) is 9.78 Å². The summed E-state index contributed by atoms with van der Waals surface area (Å²) in [5.41, 5.74) is 0.794. The van der Waals surface area contributed by atoms with E-state index in [0.29, 0.717) is 39.7 Å². The van der Waals surface area contributed by atoms with Gasteiger partial charge in [-0.1, -0.05) is 23.2 Å². The number of hydrogen-bond donors (Lipinski definition) is 2. The van der Waals surface area contributed by atoms with Gasteiger partial charge in [0.15, 0.2) is 0 Å². The molecule has 11 heteroatoms. The normalized spacial score (nSPS) is 10.7. The highest BCUT2D eigenvalue weighted by Gasteiger charge is 2.18. The minimum absolute atomic E-state index is 0.215. The lowest BCUT2D eigenvalue weighted by molar-refractivity contribution is 0.0943. The highest BCUT2D eigenvalue weighted by atomic mass is 35.5. The molecule has 2 heterocycles. The topological polar surface area (TPSA) is 96.7 Å². The first-order valence-corrected chi connectivity index (χ1v) is 10.8. The van der Waals surface area contributed by atoms with E-state index in [2.05, 4.69) is 15.6 Å². The van der Waals surface area contributed by atoms with Crippen molar-refractivity contribution in [2.24, 2.45) is 0 Å². The number of benzene rings is 1. The van der Waals surface area contributed by atoms with Gasteiger partial charge in [0.1, 0.15) is 16.5 Å². The van der Waals surface area contributed by atoms with Crippen LogP contribution in [-0.4, -0.2) is 42.1 Å². The second kappa shape index (κ2) is 11.1. The largest absolute Gasteiger partial charge is 0.467 e. The average molecular weight is 483 g/mol. The summed E-state index contributed by atoms with van der Waals surface area (Å²) in [5, 5.41) is 8.53. The van der Waals surface area contributed by atoms with Crippen molar-refractivity contribution in [3.63, 3.8) is 0 Å². The Labute approximate surface area is 193 Å². The molecular formula is C20H20Cl2N4O4S. The molecule has 3 aromatic rings. The van der Waals surface area contributed by atoms with Gasteiger partial charge in [0.05, 0.1) is 36.0 Å². The molecule has 0 aliphatic carbocycles. The molecule has 164 valence electrons. The minimum Gasteiger partial charge on any atom is -0.467 e. The lowest BCUT2D eigenvalue weighted by atomic mass is 10.3. The third kappa shape index (κ3) is 6.70. The molecule has 1 aromatic carbocycles. The number of halogens is 2. The van der Waals surface area contributed by atoms with Gasteiger partial charge in [0.25, 0.3) is 5.91 Å². The van der Waals surface area contributed by atoms with Crippen molar-refractivity contribution < 1.29 is 18.7 Å². The summed E-state index contributed by atoms with van der Waals surface area (Å²) >= 11 is 13.2. The van der Waals surface area contributed by atoms with Gasteiger partial charge in [-0.15, -0.1) is 11.3 Å². The number of methoxy groups -OCH3 is 1. The molecule has 0 spiro atoms. The number of amides is 3. The van der Waals surface area contributed by atoms with Gasteiger partial charge >= 0.3 is 6.03 Å². The molecule has 0 atom stereocenters. The van der Waals surface area contributed by atoms with Gasteiger partial charge in [-0.05, 0) is 30.3 Å². The van der Waals surface area contributed by atoms with Gasteiger partial charge in [-0.2, -0.15) is 0 Å². The fraction of sp³-hybridized carbons (Fsp3) is 0.250. The molecule has 31 heavy (non-hydrogen) atoms. The first kappa shape index (κ1) is 23.1. The number of anilines is 1. The van der Waals surface area contributed by atoms with Crippen molar-refractivity contribution in [2.75, 3.05) is 25.6 Å². The zero-order valence-electron chi connectivity index (χ0n) is 16.6. The zero-order valence-corrected chi connectivity index (χ0v) is 18.9. The number of thiazole rings is 1. The van der Waals surface area contributed by atoms with Crippen LogP contribution in [0.4, 0.5) is 10.5 Å². The van der Waals surface area contributed by atoms with E-state index in [9.17, 15) is 9.59 Å². The minimum atomic E-state index is -0.352. The number of rotatable bonds is 9. The Morgan fingerprint density at radius 1 is 1.26 bits per heavy atom. The van der Waals surface area contributed by atoms with Gasteiger partial charge in [0.2, 0.25) is 0 Å².